The molecule has 0 saturated heterocycles. The minimum absolute atomic E-state index is 0.514. The summed E-state index contributed by atoms with van der Waals surface area (Å²) in [5.41, 5.74) is 6.30. The molecule has 0 fully saturated rings. The van der Waals surface area contributed by atoms with E-state index in [4.69, 9.17) is 19.9 Å². The van der Waals surface area contributed by atoms with E-state index in [1.54, 1.807) is 25.3 Å². The van der Waals surface area contributed by atoms with Gasteiger partial charge in [0, 0.05) is 18.4 Å². The van der Waals surface area contributed by atoms with E-state index in [1.165, 1.54) is 0 Å². The quantitative estimate of drug-likeness (QED) is 0.570. The molecular formula is C12H19NO3. The van der Waals surface area contributed by atoms with E-state index in [2.05, 4.69) is 6.92 Å². The number of methoxy groups -OCH3 is 1. The molecule has 0 saturated carbocycles. The lowest BCUT2D eigenvalue weighted by molar-refractivity contribution is 0.0995. The number of benzene rings is 1. The summed E-state index contributed by atoms with van der Waals surface area (Å²) in [5.74, 6) is 1.34. The van der Waals surface area contributed by atoms with Gasteiger partial charge in [0.15, 0.2) is 11.5 Å². The Morgan fingerprint density at radius 3 is 2.62 bits per heavy atom. The molecule has 2 N–H and O–H groups in total. The topological polar surface area (TPSA) is 53.7 Å². The molecule has 1 aromatic carbocycles. The highest BCUT2D eigenvalue weighted by atomic mass is 16.5. The summed E-state index contributed by atoms with van der Waals surface area (Å²) >= 11 is 0. The maximum atomic E-state index is 5.64. The van der Waals surface area contributed by atoms with Crippen LogP contribution in [-0.4, -0.2) is 26.9 Å². The van der Waals surface area contributed by atoms with Crippen LogP contribution in [0.2, 0.25) is 0 Å². The fourth-order valence-electron chi connectivity index (χ4n) is 1.26. The molecule has 90 valence electrons. The maximum absolute atomic E-state index is 5.64. The summed E-state index contributed by atoms with van der Waals surface area (Å²) in [7, 11) is 1.59. The molecule has 0 amide bonds. The molecule has 0 unspecified atom stereocenters. The fraction of sp³-hybridized carbons (Fsp3) is 0.500. The molecule has 4 nitrogen and oxygen atoms in total. The summed E-state index contributed by atoms with van der Waals surface area (Å²) in [6, 6.07) is 5.32. The molecule has 0 heterocycles. The average molecular weight is 225 g/mol. The van der Waals surface area contributed by atoms with Gasteiger partial charge in [-0.1, -0.05) is 6.92 Å². The van der Waals surface area contributed by atoms with Crippen molar-refractivity contribution < 1.29 is 14.2 Å². The zero-order valence-corrected chi connectivity index (χ0v) is 9.86. The Labute approximate surface area is 96.3 Å². The first-order valence-corrected chi connectivity index (χ1v) is 5.42. The van der Waals surface area contributed by atoms with Crippen molar-refractivity contribution in [2.45, 2.75) is 13.3 Å². The van der Waals surface area contributed by atoms with Gasteiger partial charge in [-0.05, 0) is 18.6 Å². The first kappa shape index (κ1) is 12.6. The molecule has 16 heavy (non-hydrogen) atoms. The number of rotatable bonds is 7. The van der Waals surface area contributed by atoms with E-state index in [0.29, 0.717) is 30.4 Å². The van der Waals surface area contributed by atoms with Gasteiger partial charge >= 0.3 is 0 Å². The van der Waals surface area contributed by atoms with E-state index < -0.39 is 0 Å². The zero-order valence-electron chi connectivity index (χ0n) is 9.86. The first-order chi connectivity index (χ1) is 7.77. The predicted molar refractivity (Wildman–Crippen MR) is 64.0 cm³/mol. The van der Waals surface area contributed by atoms with Crippen LogP contribution in [-0.2, 0) is 4.74 Å². The summed E-state index contributed by atoms with van der Waals surface area (Å²) in [5, 5.41) is 0. The van der Waals surface area contributed by atoms with Crippen molar-refractivity contribution >= 4 is 5.69 Å². The highest BCUT2D eigenvalue weighted by molar-refractivity contribution is 5.51. The molecule has 0 bridgehead atoms. The van der Waals surface area contributed by atoms with E-state index in [9.17, 15) is 0 Å². The van der Waals surface area contributed by atoms with Gasteiger partial charge in [-0.15, -0.1) is 0 Å². The van der Waals surface area contributed by atoms with Gasteiger partial charge in [-0.2, -0.15) is 0 Å². The van der Waals surface area contributed by atoms with Crippen molar-refractivity contribution in [1.82, 2.24) is 0 Å². The molecule has 0 aliphatic heterocycles. The summed E-state index contributed by atoms with van der Waals surface area (Å²) in [4.78, 5) is 0. The van der Waals surface area contributed by atoms with Gasteiger partial charge in [0.1, 0.15) is 6.61 Å². The van der Waals surface area contributed by atoms with Crippen LogP contribution in [0, 0.1) is 0 Å². The highest BCUT2D eigenvalue weighted by Crippen LogP contribution is 2.28. The Balaban J connectivity index is 2.41. The Kier molecular flexibility index (Phi) is 5.50. The average Bonchev–Trinajstić information content (AvgIpc) is 2.30. The second-order valence-corrected chi connectivity index (χ2v) is 3.37. The predicted octanol–water partition coefficient (Wildman–Crippen LogP) is 2.08. The molecule has 1 rings (SSSR count). The molecule has 0 spiro atoms. The molecule has 0 aliphatic rings. The van der Waals surface area contributed by atoms with E-state index in [-0.39, 0.29) is 0 Å². The molecule has 0 atom stereocenters. The lowest BCUT2D eigenvalue weighted by Crippen LogP contribution is -2.07. The van der Waals surface area contributed by atoms with Crippen molar-refractivity contribution in [2.75, 3.05) is 32.7 Å². The van der Waals surface area contributed by atoms with Crippen LogP contribution in [0.5, 0.6) is 11.5 Å². The molecule has 0 aliphatic carbocycles. The minimum Gasteiger partial charge on any atom is -0.493 e. The fourth-order valence-corrected chi connectivity index (χ4v) is 1.26. The third kappa shape index (κ3) is 3.98. The standard InChI is InChI=1S/C12H19NO3/c1-3-6-15-7-8-16-11-5-4-10(13)9-12(11)14-2/h4-5,9H,3,6-8,13H2,1-2H3. The van der Waals surface area contributed by atoms with E-state index in [0.717, 1.165) is 13.0 Å². The highest BCUT2D eigenvalue weighted by Gasteiger charge is 2.03. The van der Waals surface area contributed by atoms with Crippen molar-refractivity contribution in [1.29, 1.82) is 0 Å². The smallest absolute Gasteiger partial charge is 0.162 e. The van der Waals surface area contributed by atoms with Crippen LogP contribution in [0.25, 0.3) is 0 Å². The van der Waals surface area contributed by atoms with Crippen molar-refractivity contribution in [3.8, 4) is 11.5 Å². The summed E-state index contributed by atoms with van der Waals surface area (Å²) in [6.07, 6.45) is 1.02. The lowest BCUT2D eigenvalue weighted by Gasteiger charge is -2.11. The van der Waals surface area contributed by atoms with Gasteiger partial charge in [0.25, 0.3) is 0 Å². The summed E-state index contributed by atoms with van der Waals surface area (Å²) < 4.78 is 16.0. The van der Waals surface area contributed by atoms with Crippen molar-refractivity contribution in [3.63, 3.8) is 0 Å². The number of ether oxygens (including phenoxy) is 3. The van der Waals surface area contributed by atoms with Crippen LogP contribution < -0.4 is 15.2 Å². The van der Waals surface area contributed by atoms with Crippen LogP contribution >= 0.6 is 0 Å². The van der Waals surface area contributed by atoms with Gasteiger partial charge in [-0.25, -0.2) is 0 Å². The van der Waals surface area contributed by atoms with Crippen LogP contribution in [0.4, 0.5) is 5.69 Å². The normalized spacial score (nSPS) is 10.1. The summed E-state index contributed by atoms with van der Waals surface area (Å²) in [6.45, 7) is 3.94. The number of anilines is 1. The Morgan fingerprint density at radius 1 is 1.12 bits per heavy atom. The second kappa shape index (κ2) is 6.95. The van der Waals surface area contributed by atoms with Crippen LogP contribution in [0.1, 0.15) is 13.3 Å². The van der Waals surface area contributed by atoms with Gasteiger partial charge in [0.05, 0.1) is 13.7 Å². The van der Waals surface area contributed by atoms with Crippen molar-refractivity contribution in [3.05, 3.63) is 18.2 Å². The van der Waals surface area contributed by atoms with Crippen LogP contribution in [0.3, 0.4) is 0 Å². The molecule has 1 aromatic rings. The van der Waals surface area contributed by atoms with Crippen molar-refractivity contribution in [2.24, 2.45) is 0 Å². The monoisotopic (exact) mass is 225 g/mol. The SMILES string of the molecule is CCCOCCOc1ccc(N)cc1OC. The van der Waals surface area contributed by atoms with E-state index in [1.807, 2.05) is 0 Å². The lowest BCUT2D eigenvalue weighted by atomic mass is 10.3. The maximum Gasteiger partial charge on any atom is 0.162 e. The van der Waals surface area contributed by atoms with Gasteiger partial charge in [0.2, 0.25) is 0 Å². The Morgan fingerprint density at radius 2 is 1.94 bits per heavy atom. The third-order valence-corrected chi connectivity index (χ3v) is 2.02. The van der Waals surface area contributed by atoms with Crippen LogP contribution in [0.15, 0.2) is 18.2 Å². The largest absolute Gasteiger partial charge is 0.493 e. The molecule has 0 radical (unpaired) electrons. The molecule has 4 heteroatoms. The molecule has 0 aromatic heterocycles. The number of nitrogen functional groups attached to an aromatic ring is 1. The minimum atomic E-state index is 0.514. The zero-order chi connectivity index (χ0) is 11.8. The number of nitrogens with two attached hydrogens (primary N) is 1. The molecular weight excluding hydrogens is 206 g/mol. The first-order valence-electron chi connectivity index (χ1n) is 5.42. The Hall–Kier alpha value is -1.42. The van der Waals surface area contributed by atoms with Gasteiger partial charge < -0.3 is 19.9 Å². The van der Waals surface area contributed by atoms with Gasteiger partial charge in [-0.3, -0.25) is 0 Å². The number of hydrogen-bond donors (Lipinski definition) is 1. The van der Waals surface area contributed by atoms with E-state index >= 15 is 0 Å². The number of hydrogen-bond acceptors (Lipinski definition) is 4. The second-order valence-electron chi connectivity index (χ2n) is 3.37. The third-order valence-electron chi connectivity index (χ3n) is 2.02. The Bertz CT molecular complexity index is 315.